The summed E-state index contributed by atoms with van der Waals surface area (Å²) in [5, 5.41) is 4.21. The maximum absolute atomic E-state index is 11.1. The van der Waals surface area contributed by atoms with E-state index in [0.717, 1.165) is 18.6 Å². The number of rotatable bonds is 2. The molecule has 0 aliphatic heterocycles. The van der Waals surface area contributed by atoms with Crippen LogP contribution in [-0.2, 0) is 0 Å². The Labute approximate surface area is 87.6 Å². The van der Waals surface area contributed by atoms with E-state index < -0.39 is 0 Å². The molecule has 15 heavy (non-hydrogen) atoms. The van der Waals surface area contributed by atoms with E-state index in [1.54, 1.807) is 6.92 Å². The maximum Gasteiger partial charge on any atom is 0.252 e. The number of hydrogen-bond acceptors (Lipinski definition) is 4. The van der Waals surface area contributed by atoms with E-state index in [-0.39, 0.29) is 5.56 Å². The molecule has 1 aliphatic carbocycles. The molecule has 1 aliphatic rings. The van der Waals surface area contributed by atoms with Gasteiger partial charge in [-0.15, -0.1) is 0 Å². The smallest absolute Gasteiger partial charge is 0.252 e. The third-order valence-corrected chi connectivity index (χ3v) is 2.37. The molecule has 0 amide bonds. The van der Waals surface area contributed by atoms with Crippen molar-refractivity contribution >= 4 is 11.7 Å². The predicted octanol–water partition coefficient (Wildman–Crippen LogP) is 1.42. The number of nitrogens with one attached hydrogen (secondary N) is 2. The molecule has 0 saturated heterocycles. The molecule has 5 nitrogen and oxygen atoms in total. The largest absolute Gasteiger partial charge is 0.291 e. The van der Waals surface area contributed by atoms with E-state index >= 15 is 0 Å². The molecule has 1 aromatic rings. The van der Waals surface area contributed by atoms with Gasteiger partial charge >= 0.3 is 0 Å². The fraction of sp³-hybridized carbons (Fsp3) is 0.500. The summed E-state index contributed by atoms with van der Waals surface area (Å²) < 4.78 is 0. The van der Waals surface area contributed by atoms with Gasteiger partial charge in [-0.25, -0.2) is 10.4 Å². The minimum atomic E-state index is -0.156. The molecule has 1 fully saturated rings. The average molecular weight is 206 g/mol. The van der Waals surface area contributed by atoms with Crippen molar-refractivity contribution in [2.24, 2.45) is 5.10 Å². The fourth-order valence-electron chi connectivity index (χ4n) is 1.66. The van der Waals surface area contributed by atoms with Crippen LogP contribution < -0.4 is 11.0 Å². The van der Waals surface area contributed by atoms with Gasteiger partial charge in [-0.3, -0.25) is 9.78 Å². The molecule has 0 unspecified atom stereocenters. The zero-order valence-corrected chi connectivity index (χ0v) is 8.71. The summed E-state index contributed by atoms with van der Waals surface area (Å²) in [6.45, 7) is 1.78. The second-order valence-electron chi connectivity index (χ2n) is 3.73. The Balaban J connectivity index is 2.10. The third kappa shape index (κ3) is 2.65. The quantitative estimate of drug-likeness (QED) is 0.719. The highest BCUT2D eigenvalue weighted by molar-refractivity contribution is 5.86. The molecule has 0 spiro atoms. The first-order valence-electron chi connectivity index (χ1n) is 5.13. The lowest BCUT2D eigenvalue weighted by molar-refractivity contribution is 0.886. The highest BCUT2D eigenvalue weighted by atomic mass is 16.1. The Bertz CT molecular complexity index is 427. The standard InChI is InChI=1S/C10H14N4O/c1-7-6-9(15)12-10(11-7)14-13-8-4-2-3-5-8/h6H,2-5H2,1H3,(H2,11,12,14,15). The molecule has 0 bridgehead atoms. The van der Waals surface area contributed by atoms with Crippen molar-refractivity contribution in [1.29, 1.82) is 0 Å². The Hall–Kier alpha value is -1.65. The first-order valence-corrected chi connectivity index (χ1v) is 5.13. The van der Waals surface area contributed by atoms with Gasteiger partial charge in [0.15, 0.2) is 0 Å². The topological polar surface area (TPSA) is 70.1 Å². The molecule has 0 radical (unpaired) electrons. The van der Waals surface area contributed by atoms with Crippen molar-refractivity contribution in [3.05, 3.63) is 22.1 Å². The Morgan fingerprint density at radius 3 is 2.87 bits per heavy atom. The molecule has 2 rings (SSSR count). The van der Waals surface area contributed by atoms with Crippen LogP contribution >= 0.6 is 0 Å². The first kappa shape index (κ1) is 9.89. The number of hydrazone groups is 1. The molecule has 1 saturated carbocycles. The molecular formula is C10H14N4O. The summed E-state index contributed by atoms with van der Waals surface area (Å²) >= 11 is 0. The Morgan fingerprint density at radius 1 is 1.47 bits per heavy atom. The van der Waals surface area contributed by atoms with Crippen LogP contribution in [0.2, 0.25) is 0 Å². The molecule has 1 aromatic heterocycles. The van der Waals surface area contributed by atoms with Crippen molar-refractivity contribution in [2.45, 2.75) is 32.6 Å². The van der Waals surface area contributed by atoms with Crippen molar-refractivity contribution < 1.29 is 0 Å². The van der Waals surface area contributed by atoms with Crippen LogP contribution in [0.1, 0.15) is 31.4 Å². The van der Waals surface area contributed by atoms with Crippen molar-refractivity contribution in [1.82, 2.24) is 9.97 Å². The van der Waals surface area contributed by atoms with Crippen LogP contribution in [-0.4, -0.2) is 15.7 Å². The first-order chi connectivity index (χ1) is 7.24. The van der Waals surface area contributed by atoms with Crippen LogP contribution in [0.4, 0.5) is 5.95 Å². The van der Waals surface area contributed by atoms with E-state index in [1.165, 1.54) is 18.9 Å². The summed E-state index contributed by atoms with van der Waals surface area (Å²) in [5.74, 6) is 0.416. The lowest BCUT2D eigenvalue weighted by Crippen LogP contribution is -2.11. The summed E-state index contributed by atoms with van der Waals surface area (Å²) in [6.07, 6.45) is 4.50. The van der Waals surface area contributed by atoms with E-state index in [2.05, 4.69) is 20.5 Å². The van der Waals surface area contributed by atoms with E-state index in [4.69, 9.17) is 0 Å². The third-order valence-electron chi connectivity index (χ3n) is 2.37. The Kier molecular flexibility index (Phi) is 2.80. The van der Waals surface area contributed by atoms with Crippen LogP contribution in [0.15, 0.2) is 16.0 Å². The number of aryl methyl sites for hydroxylation is 1. The van der Waals surface area contributed by atoms with Crippen molar-refractivity contribution in [3.63, 3.8) is 0 Å². The van der Waals surface area contributed by atoms with Crippen molar-refractivity contribution in [3.8, 4) is 0 Å². The van der Waals surface area contributed by atoms with Gasteiger partial charge in [0.05, 0.1) is 0 Å². The molecule has 80 valence electrons. The zero-order valence-electron chi connectivity index (χ0n) is 8.71. The van der Waals surface area contributed by atoms with E-state index in [1.807, 2.05) is 0 Å². The molecule has 1 heterocycles. The van der Waals surface area contributed by atoms with Gasteiger partial charge in [-0.1, -0.05) is 0 Å². The van der Waals surface area contributed by atoms with Gasteiger partial charge in [0.2, 0.25) is 5.95 Å². The lowest BCUT2D eigenvalue weighted by atomic mass is 10.3. The van der Waals surface area contributed by atoms with Crippen LogP contribution in [0.25, 0.3) is 0 Å². The monoisotopic (exact) mass is 206 g/mol. The van der Waals surface area contributed by atoms with Gasteiger partial charge in [0, 0.05) is 17.5 Å². The minimum absolute atomic E-state index is 0.156. The Morgan fingerprint density at radius 2 is 2.20 bits per heavy atom. The number of nitrogens with zero attached hydrogens (tertiary/aromatic N) is 2. The molecular weight excluding hydrogens is 192 g/mol. The van der Waals surface area contributed by atoms with Crippen molar-refractivity contribution in [2.75, 3.05) is 5.43 Å². The van der Waals surface area contributed by atoms with E-state index in [0.29, 0.717) is 11.6 Å². The predicted molar refractivity (Wildman–Crippen MR) is 59.1 cm³/mol. The van der Waals surface area contributed by atoms with Gasteiger partial charge in [0.1, 0.15) is 0 Å². The fourth-order valence-corrected chi connectivity index (χ4v) is 1.66. The number of anilines is 1. The maximum atomic E-state index is 11.1. The van der Waals surface area contributed by atoms with Crippen LogP contribution in [0, 0.1) is 6.92 Å². The van der Waals surface area contributed by atoms with Crippen LogP contribution in [0.5, 0.6) is 0 Å². The number of aromatic amines is 1. The van der Waals surface area contributed by atoms with Gasteiger partial charge < -0.3 is 0 Å². The number of aromatic nitrogens is 2. The molecule has 0 aromatic carbocycles. The van der Waals surface area contributed by atoms with Gasteiger partial charge in [0.25, 0.3) is 5.56 Å². The average Bonchev–Trinajstić information content (AvgIpc) is 2.65. The second-order valence-corrected chi connectivity index (χ2v) is 3.73. The minimum Gasteiger partial charge on any atom is -0.291 e. The zero-order chi connectivity index (χ0) is 10.7. The summed E-state index contributed by atoms with van der Waals surface area (Å²) in [6, 6.07) is 1.45. The molecule has 0 atom stereocenters. The summed E-state index contributed by atoms with van der Waals surface area (Å²) in [5.41, 5.74) is 4.47. The van der Waals surface area contributed by atoms with Gasteiger partial charge in [-0.2, -0.15) is 5.10 Å². The lowest BCUT2D eigenvalue weighted by Gasteiger charge is -2.01. The van der Waals surface area contributed by atoms with Crippen LogP contribution in [0.3, 0.4) is 0 Å². The molecule has 5 heteroatoms. The SMILES string of the molecule is Cc1cc(=O)[nH]c(NN=C2CCCC2)n1. The molecule has 2 N–H and O–H groups in total. The summed E-state index contributed by atoms with van der Waals surface area (Å²) in [4.78, 5) is 17.8. The number of hydrogen-bond donors (Lipinski definition) is 2. The summed E-state index contributed by atoms with van der Waals surface area (Å²) in [7, 11) is 0. The second kappa shape index (κ2) is 4.25. The highest BCUT2D eigenvalue weighted by Gasteiger charge is 2.07. The van der Waals surface area contributed by atoms with E-state index in [9.17, 15) is 4.79 Å². The highest BCUT2D eigenvalue weighted by Crippen LogP contribution is 2.14. The van der Waals surface area contributed by atoms with Gasteiger partial charge in [-0.05, 0) is 32.6 Å². The normalized spacial score (nSPS) is 15.4. The number of H-pyrrole nitrogens is 1.